The maximum absolute atomic E-state index is 14.3. The van der Waals surface area contributed by atoms with Crippen LogP contribution in [0.1, 0.15) is 52.0 Å². The largest absolute Gasteiger partial charge is 0.496 e. The molecule has 3 aliphatic rings. The van der Waals surface area contributed by atoms with E-state index in [-0.39, 0.29) is 46.6 Å². The van der Waals surface area contributed by atoms with E-state index in [2.05, 4.69) is 5.32 Å². The average molecular weight is 526 g/mol. The summed E-state index contributed by atoms with van der Waals surface area (Å²) in [6, 6.07) is 7.98. The average Bonchev–Trinajstić information content (AvgIpc) is 3.21. The van der Waals surface area contributed by atoms with Crippen LogP contribution in [-0.2, 0) is 14.3 Å². The number of fused-ring (bicyclic) bond motifs is 1. The van der Waals surface area contributed by atoms with E-state index in [1.165, 1.54) is 27.4 Å². The topological polar surface area (TPSA) is 117 Å². The van der Waals surface area contributed by atoms with Crippen LogP contribution in [-0.4, -0.2) is 50.4 Å². The van der Waals surface area contributed by atoms with E-state index >= 15 is 0 Å². The van der Waals surface area contributed by atoms with Gasteiger partial charge in [0.25, 0.3) is 0 Å². The van der Waals surface area contributed by atoms with Crippen LogP contribution in [0.2, 0.25) is 5.02 Å². The minimum Gasteiger partial charge on any atom is -0.496 e. The number of rotatable bonds is 4. The number of methoxy groups -OCH3 is 3. The second-order valence-electron chi connectivity index (χ2n) is 9.21. The summed E-state index contributed by atoms with van der Waals surface area (Å²) in [7, 11) is 4.11. The summed E-state index contributed by atoms with van der Waals surface area (Å²) in [5, 5.41) is 2.89. The zero-order chi connectivity index (χ0) is 26.6. The number of ketones is 2. The second-order valence-corrected chi connectivity index (χ2v) is 9.59. The van der Waals surface area contributed by atoms with E-state index < -0.39 is 35.0 Å². The lowest BCUT2D eigenvalue weighted by molar-refractivity contribution is -0.131. The first kappa shape index (κ1) is 24.8. The van der Waals surface area contributed by atoms with Crippen LogP contribution in [0.15, 0.2) is 41.6 Å². The Labute approximate surface area is 217 Å². The number of amides is 1. The second kappa shape index (κ2) is 8.92. The number of halogens is 1. The van der Waals surface area contributed by atoms with Crippen LogP contribution in [0.25, 0.3) is 0 Å². The molecular weight excluding hydrogens is 502 g/mol. The summed E-state index contributed by atoms with van der Waals surface area (Å²) < 4.78 is 21.7. The quantitative estimate of drug-likeness (QED) is 0.475. The zero-order valence-electron chi connectivity index (χ0n) is 20.6. The number of ether oxygens (including phenoxy) is 4. The number of Topliss-reactive ketones (excluding diaryl/α,β-unsaturated/α-hetero) is 2. The van der Waals surface area contributed by atoms with Crippen LogP contribution in [0, 0.1) is 5.92 Å². The molecule has 3 atom stereocenters. The van der Waals surface area contributed by atoms with Gasteiger partial charge in [-0.05, 0) is 24.1 Å². The molecule has 192 valence electrons. The van der Waals surface area contributed by atoms with Gasteiger partial charge in [0.05, 0.1) is 26.9 Å². The number of hydrogen-bond acceptors (Lipinski definition) is 8. The van der Waals surface area contributed by atoms with E-state index in [1.54, 1.807) is 31.2 Å². The Balaban J connectivity index is 1.62. The lowest BCUT2D eigenvalue weighted by Crippen LogP contribution is -2.59. The molecule has 3 unspecified atom stereocenters. The molecule has 2 aliphatic heterocycles. The van der Waals surface area contributed by atoms with Crippen LogP contribution in [0.3, 0.4) is 0 Å². The third kappa shape index (κ3) is 3.52. The number of benzene rings is 2. The summed E-state index contributed by atoms with van der Waals surface area (Å²) in [5.41, 5.74) is -0.0569. The van der Waals surface area contributed by atoms with Crippen molar-refractivity contribution < 1.29 is 38.1 Å². The van der Waals surface area contributed by atoms with Crippen molar-refractivity contribution >= 4 is 35.0 Å². The van der Waals surface area contributed by atoms with Gasteiger partial charge in [0, 0.05) is 35.6 Å². The smallest absolute Gasteiger partial charge is 0.337 e. The fourth-order valence-corrected chi connectivity index (χ4v) is 5.71. The highest BCUT2D eigenvalue weighted by Gasteiger charge is 2.63. The van der Waals surface area contributed by atoms with E-state index in [1.807, 2.05) is 0 Å². The predicted molar refractivity (Wildman–Crippen MR) is 131 cm³/mol. The highest BCUT2D eigenvalue weighted by atomic mass is 35.5. The molecule has 2 heterocycles. The van der Waals surface area contributed by atoms with Gasteiger partial charge in [0.15, 0.2) is 5.75 Å². The fourth-order valence-electron chi connectivity index (χ4n) is 5.44. The number of hydrogen-bond donors (Lipinski definition) is 1. The van der Waals surface area contributed by atoms with Gasteiger partial charge >= 0.3 is 5.97 Å². The molecule has 2 aromatic carbocycles. The maximum Gasteiger partial charge on any atom is 0.337 e. The predicted octanol–water partition coefficient (Wildman–Crippen LogP) is 3.62. The van der Waals surface area contributed by atoms with Crippen LogP contribution in [0.4, 0.5) is 0 Å². The molecule has 1 aliphatic carbocycles. The molecule has 9 nitrogen and oxygen atoms in total. The molecule has 10 heteroatoms. The third-order valence-electron chi connectivity index (χ3n) is 7.29. The van der Waals surface area contributed by atoms with Crippen molar-refractivity contribution in [1.29, 1.82) is 0 Å². The van der Waals surface area contributed by atoms with Gasteiger partial charge in [-0.15, -0.1) is 0 Å². The number of carbonyl (C=O) groups excluding carboxylic acids is 4. The SMILES string of the molecule is COC(=O)c1ccc(C2CC(=O)NC3=C2C(=O)C2(Oc4c(Cl)c(OC)cc(OC)c4C2=O)C(C)C3)cc1. The summed E-state index contributed by atoms with van der Waals surface area (Å²) in [6.45, 7) is 1.73. The van der Waals surface area contributed by atoms with Crippen molar-refractivity contribution in [3.8, 4) is 17.2 Å². The maximum atomic E-state index is 14.3. The number of allylic oxidation sites excluding steroid dienone is 1. The first-order valence-electron chi connectivity index (χ1n) is 11.6. The van der Waals surface area contributed by atoms with Gasteiger partial charge < -0.3 is 24.3 Å². The zero-order valence-corrected chi connectivity index (χ0v) is 21.4. The molecule has 1 amide bonds. The lowest BCUT2D eigenvalue weighted by Gasteiger charge is -2.41. The van der Waals surface area contributed by atoms with Gasteiger partial charge in [-0.2, -0.15) is 0 Å². The third-order valence-corrected chi connectivity index (χ3v) is 7.65. The molecule has 0 aromatic heterocycles. The number of esters is 1. The molecule has 0 bridgehead atoms. The molecule has 2 aromatic rings. The molecule has 5 rings (SSSR count). The molecule has 0 saturated carbocycles. The molecule has 1 spiro atoms. The molecule has 1 N–H and O–H groups in total. The standard InChI is InChI=1S/C27H24ClNO8/c1-12-9-16-20(15(10-19(30)29-16)13-5-7-14(8-6-13)26(33)36-4)24(31)27(12)25(32)21-17(34-2)11-18(35-3)22(28)23(21)37-27/h5-8,11-12,15H,9-10H2,1-4H3,(H,29,30). The Morgan fingerprint density at radius 2 is 1.70 bits per heavy atom. The molecule has 0 saturated heterocycles. The van der Waals surface area contributed by atoms with Crippen LogP contribution >= 0.6 is 11.6 Å². The van der Waals surface area contributed by atoms with Crippen molar-refractivity contribution in [2.24, 2.45) is 5.92 Å². The van der Waals surface area contributed by atoms with Crippen LogP contribution < -0.4 is 19.5 Å². The first-order chi connectivity index (χ1) is 17.7. The fraction of sp³-hybridized carbons (Fsp3) is 0.333. The highest BCUT2D eigenvalue weighted by molar-refractivity contribution is 6.36. The minimum absolute atomic E-state index is 0.00829. The Hall–Kier alpha value is -3.85. The van der Waals surface area contributed by atoms with E-state index in [0.29, 0.717) is 22.4 Å². The van der Waals surface area contributed by atoms with E-state index in [4.69, 9.17) is 30.5 Å². The summed E-state index contributed by atoms with van der Waals surface area (Å²) in [5.74, 6) is -2.63. The first-order valence-corrected chi connectivity index (χ1v) is 12.0. The lowest BCUT2D eigenvalue weighted by atomic mass is 9.66. The van der Waals surface area contributed by atoms with Crippen molar-refractivity contribution in [2.75, 3.05) is 21.3 Å². The summed E-state index contributed by atoms with van der Waals surface area (Å²) in [6.07, 6.45) is 0.214. The minimum atomic E-state index is -1.88. The van der Waals surface area contributed by atoms with Gasteiger partial charge in [-0.25, -0.2) is 4.79 Å². The van der Waals surface area contributed by atoms with Gasteiger partial charge in [0.1, 0.15) is 22.1 Å². The highest BCUT2D eigenvalue weighted by Crippen LogP contribution is 2.55. The monoisotopic (exact) mass is 525 g/mol. The van der Waals surface area contributed by atoms with E-state index in [9.17, 15) is 19.2 Å². The molecule has 37 heavy (non-hydrogen) atoms. The molecule has 0 fully saturated rings. The van der Waals surface area contributed by atoms with Crippen molar-refractivity contribution in [2.45, 2.75) is 31.3 Å². The Bertz CT molecular complexity index is 1400. The summed E-state index contributed by atoms with van der Waals surface area (Å²) in [4.78, 5) is 52.8. The Morgan fingerprint density at radius 1 is 1.03 bits per heavy atom. The summed E-state index contributed by atoms with van der Waals surface area (Å²) >= 11 is 6.50. The Kier molecular flexibility index (Phi) is 5.98. The number of nitrogens with one attached hydrogen (secondary N) is 1. The van der Waals surface area contributed by atoms with Crippen molar-refractivity contribution in [3.63, 3.8) is 0 Å². The normalized spacial score (nSPS) is 24.3. The van der Waals surface area contributed by atoms with E-state index in [0.717, 1.165) is 0 Å². The number of carbonyl (C=O) groups is 4. The van der Waals surface area contributed by atoms with Crippen molar-refractivity contribution in [1.82, 2.24) is 5.32 Å². The molecule has 0 radical (unpaired) electrons. The van der Waals surface area contributed by atoms with Gasteiger partial charge in [-0.3, -0.25) is 14.4 Å². The molecular formula is C27H24ClNO8. The van der Waals surface area contributed by atoms with Crippen LogP contribution in [0.5, 0.6) is 17.2 Å². The van der Waals surface area contributed by atoms with Gasteiger partial charge in [0.2, 0.25) is 23.1 Å². The Morgan fingerprint density at radius 3 is 2.32 bits per heavy atom. The van der Waals surface area contributed by atoms with Gasteiger partial charge in [-0.1, -0.05) is 30.7 Å². The van der Waals surface area contributed by atoms with Crippen molar-refractivity contribution in [3.05, 3.63) is 63.3 Å².